The molecule has 0 aliphatic carbocycles. The number of benzene rings is 1. The highest BCUT2D eigenvalue weighted by atomic mass is 79.9. The van der Waals surface area contributed by atoms with Crippen molar-refractivity contribution in [2.75, 3.05) is 13.7 Å². The van der Waals surface area contributed by atoms with E-state index in [1.54, 1.807) is 12.5 Å². The first-order chi connectivity index (χ1) is 11.5. The minimum atomic E-state index is -1.14. The monoisotopic (exact) mass is 412 g/mol. The zero-order chi connectivity index (χ0) is 17.5. The number of hydrogen-bond donors (Lipinski definition) is 0. The lowest BCUT2D eigenvalue weighted by atomic mass is 10.2. The first kappa shape index (κ1) is 18.7. The van der Waals surface area contributed by atoms with Crippen molar-refractivity contribution in [3.05, 3.63) is 27.7 Å². The number of rotatable bonds is 9. The first-order valence-electron chi connectivity index (χ1n) is 7.70. The predicted molar refractivity (Wildman–Crippen MR) is 95.5 cm³/mol. The van der Waals surface area contributed by atoms with Gasteiger partial charge in [-0.2, -0.15) is 0 Å². The van der Waals surface area contributed by atoms with Crippen LogP contribution in [0.3, 0.4) is 0 Å². The van der Waals surface area contributed by atoms with Crippen LogP contribution in [0.5, 0.6) is 11.5 Å². The Morgan fingerprint density at radius 1 is 1.38 bits per heavy atom. The van der Waals surface area contributed by atoms with Crippen molar-refractivity contribution in [2.45, 2.75) is 32.6 Å². The van der Waals surface area contributed by atoms with Crippen LogP contribution in [-0.2, 0) is 11.2 Å². The molecule has 5 nitrogen and oxygen atoms in total. The number of hydrogen-bond acceptors (Lipinski definition) is 6. The average Bonchev–Trinajstić information content (AvgIpc) is 3.00. The molecule has 0 radical (unpaired) electrons. The van der Waals surface area contributed by atoms with Crippen LogP contribution in [0.15, 0.2) is 22.0 Å². The molecule has 0 saturated carbocycles. The Balaban J connectivity index is 2.21. The highest BCUT2D eigenvalue weighted by Crippen LogP contribution is 2.40. The number of nitrogens with zero attached hydrogens (tertiary/aromatic N) is 1. The van der Waals surface area contributed by atoms with E-state index >= 15 is 0 Å². The van der Waals surface area contributed by atoms with Crippen LogP contribution in [0.4, 0.5) is 0 Å². The van der Waals surface area contributed by atoms with Crippen molar-refractivity contribution in [3.8, 4) is 22.1 Å². The maximum absolute atomic E-state index is 10.7. The summed E-state index contributed by atoms with van der Waals surface area (Å²) in [6, 6.07) is 3.75. The number of methoxy groups -OCH3 is 1. The Morgan fingerprint density at radius 3 is 2.83 bits per heavy atom. The molecule has 0 atom stereocenters. The fourth-order valence-electron chi connectivity index (χ4n) is 2.18. The van der Waals surface area contributed by atoms with Crippen LogP contribution >= 0.6 is 27.3 Å². The fraction of sp³-hybridized carbons (Fsp3) is 0.412. The van der Waals surface area contributed by atoms with Crippen molar-refractivity contribution < 1.29 is 19.4 Å². The summed E-state index contributed by atoms with van der Waals surface area (Å²) in [6.07, 6.45) is 3.07. The van der Waals surface area contributed by atoms with E-state index in [2.05, 4.69) is 27.8 Å². The number of carboxylic acid groups (broad SMARTS) is 1. The van der Waals surface area contributed by atoms with E-state index in [1.165, 1.54) is 11.3 Å². The van der Waals surface area contributed by atoms with Crippen molar-refractivity contribution in [1.29, 1.82) is 0 Å². The Bertz CT molecular complexity index is 702. The predicted octanol–water partition coefficient (Wildman–Crippen LogP) is 3.44. The molecule has 1 aromatic heterocycles. The van der Waals surface area contributed by atoms with Gasteiger partial charge in [-0.3, -0.25) is 0 Å². The zero-order valence-electron chi connectivity index (χ0n) is 13.6. The molecule has 0 spiro atoms. The number of aliphatic carboxylic acids is 1. The van der Waals surface area contributed by atoms with Crippen LogP contribution in [0.2, 0.25) is 0 Å². The van der Waals surface area contributed by atoms with Gasteiger partial charge in [0.15, 0.2) is 11.5 Å². The SMILES string of the molecule is CCCCCOc1c(Br)cc(-c2nc(CC(=O)[O-])cs2)cc1OC. The van der Waals surface area contributed by atoms with E-state index in [0.717, 1.165) is 34.3 Å². The summed E-state index contributed by atoms with van der Waals surface area (Å²) in [6.45, 7) is 2.78. The summed E-state index contributed by atoms with van der Waals surface area (Å²) in [5.74, 6) is 0.151. The maximum atomic E-state index is 10.7. The number of carbonyl (C=O) groups is 1. The molecule has 1 aromatic carbocycles. The van der Waals surface area contributed by atoms with E-state index in [0.29, 0.717) is 23.8 Å². The summed E-state index contributed by atoms with van der Waals surface area (Å²) >= 11 is 4.90. The van der Waals surface area contributed by atoms with Crippen LogP contribution in [0.1, 0.15) is 31.9 Å². The van der Waals surface area contributed by atoms with Crippen molar-refractivity contribution in [1.82, 2.24) is 4.98 Å². The number of carbonyl (C=O) groups excluding carboxylic acids is 1. The van der Waals surface area contributed by atoms with Crippen LogP contribution < -0.4 is 14.6 Å². The summed E-state index contributed by atoms with van der Waals surface area (Å²) in [5.41, 5.74) is 1.33. The molecule has 2 aromatic rings. The molecule has 0 fully saturated rings. The first-order valence-corrected chi connectivity index (χ1v) is 9.37. The van der Waals surface area contributed by atoms with Gasteiger partial charge in [-0.1, -0.05) is 19.8 Å². The van der Waals surface area contributed by atoms with Gasteiger partial charge in [0.1, 0.15) is 5.01 Å². The Morgan fingerprint density at radius 2 is 2.17 bits per heavy atom. The van der Waals surface area contributed by atoms with E-state index in [4.69, 9.17) is 9.47 Å². The van der Waals surface area contributed by atoms with Gasteiger partial charge in [0, 0.05) is 23.3 Å². The Labute approximate surface area is 153 Å². The van der Waals surface area contributed by atoms with Gasteiger partial charge < -0.3 is 19.4 Å². The molecule has 24 heavy (non-hydrogen) atoms. The maximum Gasteiger partial charge on any atom is 0.175 e. The molecule has 0 saturated heterocycles. The molecule has 7 heteroatoms. The molecule has 0 aliphatic rings. The Hall–Kier alpha value is -1.60. The zero-order valence-corrected chi connectivity index (χ0v) is 16.0. The third-order valence-electron chi connectivity index (χ3n) is 3.35. The topological polar surface area (TPSA) is 71.5 Å². The van der Waals surface area contributed by atoms with Gasteiger partial charge in [-0.15, -0.1) is 11.3 Å². The molecule has 2 rings (SSSR count). The minimum Gasteiger partial charge on any atom is -0.550 e. The van der Waals surface area contributed by atoms with E-state index in [9.17, 15) is 9.90 Å². The second-order valence-electron chi connectivity index (χ2n) is 5.24. The van der Waals surface area contributed by atoms with Gasteiger partial charge in [-0.05, 0) is 34.5 Å². The summed E-state index contributed by atoms with van der Waals surface area (Å²) in [4.78, 5) is 15.0. The number of aromatic nitrogens is 1. The van der Waals surface area contributed by atoms with E-state index in [-0.39, 0.29) is 6.42 Å². The van der Waals surface area contributed by atoms with Gasteiger partial charge in [0.25, 0.3) is 0 Å². The molecule has 0 N–H and O–H groups in total. The highest BCUT2D eigenvalue weighted by molar-refractivity contribution is 9.10. The Kier molecular flexibility index (Phi) is 7.05. The lowest BCUT2D eigenvalue weighted by Gasteiger charge is -2.13. The lowest BCUT2D eigenvalue weighted by molar-refractivity contribution is -0.304. The molecular formula is C17H19BrNO4S-. The largest absolute Gasteiger partial charge is 0.550 e. The number of ether oxygens (including phenoxy) is 2. The molecule has 0 amide bonds. The normalized spacial score (nSPS) is 10.6. The van der Waals surface area contributed by atoms with Crippen LogP contribution in [-0.4, -0.2) is 24.7 Å². The third-order valence-corrected chi connectivity index (χ3v) is 4.88. The summed E-state index contributed by atoms with van der Waals surface area (Å²) in [7, 11) is 1.59. The highest BCUT2D eigenvalue weighted by Gasteiger charge is 2.14. The van der Waals surface area contributed by atoms with Crippen LogP contribution in [0.25, 0.3) is 10.6 Å². The summed E-state index contributed by atoms with van der Waals surface area (Å²) in [5, 5.41) is 13.1. The van der Waals surface area contributed by atoms with Crippen molar-refractivity contribution in [2.24, 2.45) is 0 Å². The fourth-order valence-corrected chi connectivity index (χ4v) is 3.54. The quantitative estimate of drug-likeness (QED) is 0.589. The number of unbranched alkanes of at least 4 members (excludes halogenated alkanes) is 2. The number of carboxylic acids is 1. The summed E-state index contributed by atoms with van der Waals surface area (Å²) < 4.78 is 12.1. The van der Waals surface area contributed by atoms with Gasteiger partial charge in [-0.25, -0.2) is 4.98 Å². The molecule has 1 heterocycles. The second-order valence-corrected chi connectivity index (χ2v) is 6.95. The smallest absolute Gasteiger partial charge is 0.175 e. The molecule has 130 valence electrons. The number of halogens is 1. The van der Waals surface area contributed by atoms with E-state index in [1.807, 2.05) is 12.1 Å². The van der Waals surface area contributed by atoms with Crippen molar-refractivity contribution >= 4 is 33.2 Å². The van der Waals surface area contributed by atoms with Gasteiger partial charge in [0.05, 0.1) is 23.9 Å². The third kappa shape index (κ3) is 4.95. The molecule has 0 unspecified atom stereocenters. The van der Waals surface area contributed by atoms with Crippen molar-refractivity contribution in [3.63, 3.8) is 0 Å². The average molecular weight is 413 g/mol. The lowest BCUT2D eigenvalue weighted by Crippen LogP contribution is -2.24. The second kappa shape index (κ2) is 9.03. The molecular weight excluding hydrogens is 394 g/mol. The molecule has 0 bridgehead atoms. The van der Waals surface area contributed by atoms with Gasteiger partial charge in [0.2, 0.25) is 0 Å². The molecule has 0 aliphatic heterocycles. The minimum absolute atomic E-state index is 0.187. The standard InChI is InChI=1S/C17H20BrNO4S/c1-3-4-5-6-23-16-13(18)7-11(8-14(16)22-2)17-19-12(10-24-17)9-15(20)21/h7-8,10H,3-6,9H2,1-2H3,(H,20,21)/p-1. The van der Waals surface area contributed by atoms with Gasteiger partial charge >= 0.3 is 0 Å². The van der Waals surface area contributed by atoms with Crippen LogP contribution in [0, 0.1) is 0 Å². The number of thiazole rings is 1. The van der Waals surface area contributed by atoms with E-state index < -0.39 is 5.97 Å².